The first-order valence-electron chi connectivity index (χ1n) is 48.2. The summed E-state index contributed by atoms with van der Waals surface area (Å²) in [5.74, 6) is 0. The third kappa shape index (κ3) is 15.7. The molecule has 0 atom stereocenters. The highest BCUT2D eigenvalue weighted by atomic mass is 15.2. The molecule has 0 N–H and O–H groups in total. The van der Waals surface area contributed by atoms with Gasteiger partial charge in [-0.15, -0.1) is 0 Å². The highest BCUT2D eigenvalue weighted by Crippen LogP contribution is 2.53. The van der Waals surface area contributed by atoms with Gasteiger partial charge >= 0.3 is 0 Å². The van der Waals surface area contributed by atoms with Gasteiger partial charge < -0.3 is 18.9 Å². The van der Waals surface area contributed by atoms with Gasteiger partial charge in [0.1, 0.15) is 0 Å². The third-order valence-corrected chi connectivity index (χ3v) is 28.9. The van der Waals surface area contributed by atoms with E-state index in [9.17, 15) is 0 Å². The Bertz CT molecular complexity index is 6880. The first-order valence-corrected chi connectivity index (χ1v) is 48.2. The molecule has 18 aromatic rings. The fourth-order valence-electron chi connectivity index (χ4n) is 20.9. The van der Waals surface area contributed by atoms with E-state index in [0.29, 0.717) is 0 Å². The van der Waals surface area contributed by atoms with Crippen LogP contribution in [0.5, 0.6) is 0 Å². The fourth-order valence-corrected chi connectivity index (χ4v) is 20.9. The first kappa shape index (κ1) is 87.7. The maximum absolute atomic E-state index is 2.65. The summed E-state index contributed by atoms with van der Waals surface area (Å²) in [6.45, 7) is 55.5. The predicted molar refractivity (Wildman–Crippen MR) is 577 cm³/mol. The van der Waals surface area contributed by atoms with Crippen molar-refractivity contribution in [1.82, 2.24) is 9.13 Å². The number of aromatic nitrogens is 2. The van der Waals surface area contributed by atoms with Crippen LogP contribution < -0.4 is 26.2 Å². The summed E-state index contributed by atoms with van der Waals surface area (Å²) in [5, 5.41) is 5.04. The number of rotatable bonds is 11. The van der Waals surface area contributed by atoms with E-state index in [0.717, 1.165) is 67.8 Å². The Hall–Kier alpha value is -13.2. The van der Waals surface area contributed by atoms with Crippen molar-refractivity contribution in [2.45, 2.75) is 209 Å². The van der Waals surface area contributed by atoms with Gasteiger partial charge in [0, 0.05) is 67.0 Å². The van der Waals surface area contributed by atoms with Crippen molar-refractivity contribution >= 4 is 101 Å². The van der Waals surface area contributed by atoms with Crippen LogP contribution in [0.25, 0.3) is 133 Å². The summed E-state index contributed by atoms with van der Waals surface area (Å²) in [5.41, 5.74) is 43.9. The zero-order valence-corrected chi connectivity index (χ0v) is 82.6. The lowest BCUT2D eigenvalue weighted by molar-refractivity contribution is 0.590. The molecular weight excluding hydrogens is 1600 g/mol. The minimum atomic E-state index is -0.245. The van der Waals surface area contributed by atoms with Crippen molar-refractivity contribution in [2.24, 2.45) is 0 Å². The first-order chi connectivity index (χ1) is 63.0. The van der Waals surface area contributed by atoms with Gasteiger partial charge in [0.15, 0.2) is 0 Å². The smallest absolute Gasteiger partial charge is 0.252 e. The molecule has 662 valence electrons. The molecule has 0 fully saturated rings. The number of nitrogens with zero attached hydrogens (tertiary/aromatic N) is 4. The van der Waals surface area contributed by atoms with E-state index in [1.165, 1.54) is 160 Å². The van der Waals surface area contributed by atoms with Crippen LogP contribution in [0.4, 0.5) is 34.1 Å². The van der Waals surface area contributed by atoms with Gasteiger partial charge in [-0.05, 0) is 291 Å². The van der Waals surface area contributed by atoms with E-state index < -0.39 is 0 Å². The fraction of sp³-hybridized carbons (Fsp3) is 0.250. The van der Waals surface area contributed by atoms with E-state index in [2.05, 4.69) is 519 Å². The van der Waals surface area contributed by atoms with E-state index in [4.69, 9.17) is 0 Å². The van der Waals surface area contributed by atoms with Crippen molar-refractivity contribution in [3.63, 3.8) is 0 Å². The predicted octanol–water partition coefficient (Wildman–Crippen LogP) is 34.0. The molecule has 5 heteroatoms. The summed E-state index contributed by atoms with van der Waals surface area (Å²) in [7, 11) is 0. The number of benzene rings is 16. The average molecular weight is 1730 g/mol. The average Bonchev–Trinajstić information content (AvgIpc) is 1.30. The number of hydrogen-bond acceptors (Lipinski definition) is 2. The Kier molecular flexibility index (Phi) is 21.0. The Morgan fingerprint density at radius 3 is 0.692 bits per heavy atom. The highest BCUT2D eigenvalue weighted by Gasteiger charge is 2.45. The zero-order valence-electron chi connectivity index (χ0n) is 82.6. The van der Waals surface area contributed by atoms with Crippen LogP contribution in [0.15, 0.2) is 334 Å². The van der Waals surface area contributed by atoms with Crippen molar-refractivity contribution in [3.8, 4) is 89.3 Å². The molecule has 0 saturated carbocycles. The quantitative estimate of drug-likeness (QED) is 0.120. The summed E-state index contributed by atoms with van der Waals surface area (Å²) in [4.78, 5) is 5.29. The molecule has 20 rings (SSSR count). The van der Waals surface area contributed by atoms with Crippen LogP contribution in [0.3, 0.4) is 0 Å². The van der Waals surface area contributed by atoms with E-state index in [-0.39, 0.29) is 50.0 Å². The molecule has 0 unspecified atom stereocenters. The topological polar surface area (TPSA) is 16.3 Å². The van der Waals surface area contributed by atoms with Crippen LogP contribution >= 0.6 is 0 Å². The molecule has 0 bridgehead atoms. The molecule has 2 aliphatic heterocycles. The van der Waals surface area contributed by atoms with Gasteiger partial charge in [0.25, 0.3) is 6.71 Å². The van der Waals surface area contributed by atoms with E-state index in [1.807, 2.05) is 0 Å². The normalized spacial score (nSPS) is 13.4. The molecule has 0 saturated heterocycles. The van der Waals surface area contributed by atoms with Gasteiger partial charge in [0.2, 0.25) is 0 Å². The number of hydrogen-bond donors (Lipinski definition) is 0. The van der Waals surface area contributed by atoms with Crippen LogP contribution in [0, 0.1) is 0 Å². The maximum atomic E-state index is 2.65. The van der Waals surface area contributed by atoms with E-state index in [1.54, 1.807) is 0 Å². The van der Waals surface area contributed by atoms with Crippen molar-refractivity contribution in [3.05, 3.63) is 378 Å². The second-order valence-corrected chi connectivity index (χ2v) is 46.3. The molecule has 0 spiro atoms. The molecule has 133 heavy (non-hydrogen) atoms. The van der Waals surface area contributed by atoms with Crippen molar-refractivity contribution in [2.75, 3.05) is 9.80 Å². The molecule has 2 aliphatic rings. The Morgan fingerprint density at radius 1 is 0.180 bits per heavy atom. The lowest BCUT2D eigenvalue weighted by atomic mass is 9.33. The van der Waals surface area contributed by atoms with Crippen LogP contribution in [0.1, 0.15) is 211 Å². The summed E-state index contributed by atoms with van der Waals surface area (Å²) in [6.07, 6.45) is 0. The van der Waals surface area contributed by atoms with Gasteiger partial charge in [0.05, 0.1) is 22.1 Å². The molecule has 4 nitrogen and oxygen atoms in total. The van der Waals surface area contributed by atoms with Crippen LogP contribution in [-0.2, 0) is 43.3 Å². The molecule has 0 aliphatic carbocycles. The Labute approximate surface area is 791 Å². The van der Waals surface area contributed by atoms with Crippen molar-refractivity contribution in [1.29, 1.82) is 0 Å². The third-order valence-electron chi connectivity index (χ3n) is 28.9. The molecule has 0 amide bonds. The molecule has 2 aromatic heterocycles. The maximum Gasteiger partial charge on any atom is 0.252 e. The number of fused-ring (bicyclic) bond motifs is 10. The largest absolute Gasteiger partial charge is 0.311 e. The van der Waals surface area contributed by atoms with Gasteiger partial charge in [-0.25, -0.2) is 0 Å². The Balaban J connectivity index is 0.867. The van der Waals surface area contributed by atoms with Crippen LogP contribution in [-0.4, -0.2) is 15.8 Å². The molecule has 4 heterocycles. The summed E-state index contributed by atoms with van der Waals surface area (Å²) in [6, 6.07) is 131. The lowest BCUT2D eigenvalue weighted by Gasteiger charge is -2.44. The minimum absolute atomic E-state index is 0.00377. The van der Waals surface area contributed by atoms with Crippen LogP contribution in [0.2, 0.25) is 0 Å². The SMILES string of the molecule is CC(C)(C)c1ccc(-c2cccc(-c3ccc(C(C)(C)C)cc3)c2-c2ccc(N3c4cc(-n5c6ccc(C(C)(C)C)cc6c6cc(C(C)(C)C)ccc65)ccc4B4c5ccc(-n6c7ccc(C(C)(C)C)cc7c7cc(C(C)(C)C)ccc76)cc5N(c5ccc(-c6c(-c7ccc(C(C)(C)C)cc7)cccc6-c6ccc(C(C)(C)C)cc6)cc5)c5cc(-c6ccccc6)cc3c54)cc2)cc1. The highest BCUT2D eigenvalue weighted by molar-refractivity contribution is 7.00. The molecule has 16 aromatic carbocycles. The zero-order chi connectivity index (χ0) is 93.4. The molecular formula is C128H127BN4. The summed E-state index contributed by atoms with van der Waals surface area (Å²) >= 11 is 0. The Morgan fingerprint density at radius 2 is 0.429 bits per heavy atom. The minimum Gasteiger partial charge on any atom is -0.311 e. The van der Waals surface area contributed by atoms with Crippen molar-refractivity contribution < 1.29 is 0 Å². The lowest BCUT2D eigenvalue weighted by Crippen LogP contribution is -2.61. The standard InChI is InChI=1S/C128H127BN4/c1-121(2,3)88-48-36-81(37-49-88)100-32-28-33-101(82-38-50-89(51-39-82)122(4,5)6)118(100)85-44-60-96(61-45-85)130-114-78-98(132-110-68-56-92(125(13,14)15)74-104(110)105-75-93(126(16,17)18)57-69-111(105)132)64-66-108(114)129-109-67-65-99(133-112-70-58-94(127(19,20)21)76-106(112)107-77-95(128(22,23)24)59-71-113(107)133)79-115(109)131(117-73-87(72-116(130)120(117)129)80-30-26-25-27-31-80)97-62-46-86(47-63-97)119-102(83-40-52-90(53-41-83)123(7,8)9)34-29-35-103(119)84-42-54-91(55-43-84)124(10,11)12/h25-79H,1-24H3. The second-order valence-electron chi connectivity index (χ2n) is 46.3. The molecule has 0 radical (unpaired) electrons. The van der Waals surface area contributed by atoms with Gasteiger partial charge in [-0.2, -0.15) is 0 Å². The van der Waals surface area contributed by atoms with Gasteiger partial charge in [-0.3, -0.25) is 0 Å². The summed E-state index contributed by atoms with van der Waals surface area (Å²) < 4.78 is 5.12. The van der Waals surface area contributed by atoms with E-state index >= 15 is 0 Å². The monoisotopic (exact) mass is 1730 g/mol. The second kappa shape index (κ2) is 31.8. The number of anilines is 6. The van der Waals surface area contributed by atoms with Gasteiger partial charge in [-0.1, -0.05) is 391 Å².